The summed E-state index contributed by atoms with van der Waals surface area (Å²) in [6, 6.07) is 12.2. The molecule has 41 heavy (non-hydrogen) atoms. The van der Waals surface area contributed by atoms with Crippen LogP contribution in [0.25, 0.3) is 0 Å². The van der Waals surface area contributed by atoms with Crippen LogP contribution in [0.4, 0.5) is 0 Å². The van der Waals surface area contributed by atoms with E-state index in [4.69, 9.17) is 14.2 Å². The van der Waals surface area contributed by atoms with E-state index in [1.54, 1.807) is 18.2 Å². The summed E-state index contributed by atoms with van der Waals surface area (Å²) < 4.78 is 18.1. The van der Waals surface area contributed by atoms with Crippen molar-refractivity contribution in [3.63, 3.8) is 0 Å². The lowest BCUT2D eigenvalue weighted by Crippen LogP contribution is -2.45. The topological polar surface area (TPSA) is 106 Å². The Morgan fingerprint density at radius 2 is 1.71 bits per heavy atom. The number of hydrogen-bond acceptors (Lipinski definition) is 6. The number of fused-ring (bicyclic) bond motifs is 7. The average Bonchev–Trinajstić information content (AvgIpc) is 3.79. The quantitative estimate of drug-likeness (QED) is 0.550. The third-order valence-corrected chi connectivity index (χ3v) is 8.49. The Morgan fingerprint density at radius 1 is 0.927 bits per heavy atom. The molecule has 0 spiro atoms. The Kier molecular flexibility index (Phi) is 8.30. The lowest BCUT2D eigenvalue weighted by atomic mass is 9.99. The van der Waals surface area contributed by atoms with Gasteiger partial charge in [-0.05, 0) is 61.4 Å². The highest BCUT2D eigenvalue weighted by atomic mass is 16.5. The van der Waals surface area contributed by atoms with Gasteiger partial charge in [-0.1, -0.05) is 37.8 Å². The van der Waals surface area contributed by atoms with Gasteiger partial charge >= 0.3 is 0 Å². The van der Waals surface area contributed by atoms with Crippen molar-refractivity contribution < 1.29 is 28.6 Å². The fourth-order valence-electron chi connectivity index (χ4n) is 5.88. The molecule has 3 fully saturated rings. The van der Waals surface area contributed by atoms with Gasteiger partial charge in [0, 0.05) is 30.6 Å². The van der Waals surface area contributed by atoms with Gasteiger partial charge in [-0.3, -0.25) is 14.4 Å². The van der Waals surface area contributed by atoms with Crippen molar-refractivity contribution in [2.24, 2.45) is 11.8 Å². The number of carbonyl (C=O) groups is 3. The number of carbonyl (C=O) groups excluding carboxylic acids is 3. The molecule has 0 aromatic heterocycles. The maximum absolute atomic E-state index is 13.6. The van der Waals surface area contributed by atoms with Gasteiger partial charge in [-0.25, -0.2) is 0 Å². The third kappa shape index (κ3) is 7.13. The normalized spacial score (nSPS) is 23.8. The molecule has 2 aromatic rings. The van der Waals surface area contributed by atoms with Crippen molar-refractivity contribution in [3.8, 4) is 17.2 Å². The zero-order valence-electron chi connectivity index (χ0n) is 23.4. The Bertz CT molecular complexity index is 1250. The maximum atomic E-state index is 13.6. The second kappa shape index (κ2) is 12.4. The van der Waals surface area contributed by atoms with E-state index in [1.165, 1.54) is 12.8 Å². The van der Waals surface area contributed by atoms with Crippen LogP contribution in [0.3, 0.4) is 0 Å². The standard InChI is InChI=1S/C32H39N3O6/c36-30-20-40-27-14-24(13-26(15-27)39-19-22-7-8-22)31(37)34-28-17-35(32(38)23-5-3-1-2-4-6-23)18-29(28)41-25-11-9-21(10-12-25)16-33-30/h9-15,22-23,28-29H,1-8,16-20H2,(H,33,36)(H,34,37)/t28-,29-/m0/s1. The predicted octanol–water partition coefficient (Wildman–Crippen LogP) is 3.84. The molecule has 3 heterocycles. The number of likely N-dealkylation sites (tertiary alicyclic amines) is 1. The number of nitrogens with one attached hydrogen (secondary N) is 2. The monoisotopic (exact) mass is 561 g/mol. The van der Waals surface area contributed by atoms with Gasteiger partial charge in [0.05, 0.1) is 19.2 Å². The fraction of sp³-hybridized carbons (Fsp3) is 0.531. The molecule has 2 aliphatic carbocycles. The fourth-order valence-corrected chi connectivity index (χ4v) is 5.88. The Balaban J connectivity index is 1.26. The summed E-state index contributed by atoms with van der Waals surface area (Å²) in [6.45, 7) is 1.56. The Labute approximate surface area is 240 Å². The number of amides is 3. The Hall–Kier alpha value is -3.75. The minimum absolute atomic E-state index is 0.0349. The summed E-state index contributed by atoms with van der Waals surface area (Å²) in [4.78, 5) is 41.5. The Morgan fingerprint density at radius 3 is 2.46 bits per heavy atom. The van der Waals surface area contributed by atoms with E-state index in [0.717, 1.165) is 44.1 Å². The number of benzene rings is 2. The van der Waals surface area contributed by atoms with Gasteiger partial charge < -0.3 is 29.7 Å². The number of ether oxygens (including phenoxy) is 3. The van der Waals surface area contributed by atoms with Gasteiger partial charge in [-0.2, -0.15) is 0 Å². The summed E-state index contributed by atoms with van der Waals surface area (Å²) in [5, 5.41) is 6.00. The van der Waals surface area contributed by atoms with Crippen molar-refractivity contribution in [3.05, 3.63) is 53.6 Å². The van der Waals surface area contributed by atoms with Crippen LogP contribution in [0.5, 0.6) is 17.2 Å². The molecular weight excluding hydrogens is 522 g/mol. The first-order chi connectivity index (χ1) is 20.0. The summed E-state index contributed by atoms with van der Waals surface area (Å²) >= 11 is 0. The smallest absolute Gasteiger partial charge is 0.258 e. The number of rotatable bonds is 4. The number of hydrogen-bond donors (Lipinski definition) is 2. The second-order valence-electron chi connectivity index (χ2n) is 11.8. The predicted molar refractivity (Wildman–Crippen MR) is 152 cm³/mol. The van der Waals surface area contributed by atoms with Gasteiger partial charge in [0.1, 0.15) is 23.4 Å². The summed E-state index contributed by atoms with van der Waals surface area (Å²) in [6.07, 6.45) is 8.27. The van der Waals surface area contributed by atoms with Crippen LogP contribution in [-0.2, 0) is 16.1 Å². The highest BCUT2D eigenvalue weighted by Crippen LogP contribution is 2.32. The van der Waals surface area contributed by atoms with Gasteiger partial charge in [0.15, 0.2) is 6.61 Å². The molecule has 218 valence electrons. The number of nitrogens with zero attached hydrogens (tertiary/aromatic N) is 1. The van der Waals surface area contributed by atoms with Crippen LogP contribution >= 0.6 is 0 Å². The van der Waals surface area contributed by atoms with Crippen molar-refractivity contribution in [1.29, 1.82) is 0 Å². The molecule has 3 amide bonds. The van der Waals surface area contributed by atoms with Crippen molar-refractivity contribution in [2.45, 2.75) is 70.1 Å². The minimum atomic E-state index is -0.403. The van der Waals surface area contributed by atoms with E-state index in [-0.39, 0.29) is 30.2 Å². The molecule has 0 unspecified atom stereocenters. The van der Waals surface area contributed by atoms with Crippen LogP contribution in [-0.4, -0.2) is 61.1 Å². The van der Waals surface area contributed by atoms with E-state index < -0.39 is 12.1 Å². The molecule has 2 N–H and O–H groups in total. The van der Waals surface area contributed by atoms with E-state index in [9.17, 15) is 14.4 Å². The minimum Gasteiger partial charge on any atom is -0.493 e. The first-order valence-electron chi connectivity index (χ1n) is 15.0. The van der Waals surface area contributed by atoms with E-state index >= 15 is 0 Å². The van der Waals surface area contributed by atoms with Crippen molar-refractivity contribution in [2.75, 3.05) is 26.3 Å². The molecule has 4 bridgehead atoms. The second-order valence-corrected chi connectivity index (χ2v) is 11.8. The molecule has 9 nitrogen and oxygen atoms in total. The summed E-state index contributed by atoms with van der Waals surface area (Å²) in [5.41, 5.74) is 1.29. The molecule has 2 atom stereocenters. The molecule has 3 aliphatic heterocycles. The first kappa shape index (κ1) is 27.4. The zero-order chi connectivity index (χ0) is 28.2. The molecular formula is C32H39N3O6. The van der Waals surface area contributed by atoms with Crippen LogP contribution < -0.4 is 24.8 Å². The molecule has 1 saturated heterocycles. The summed E-state index contributed by atoms with van der Waals surface area (Å²) in [7, 11) is 0. The van der Waals surface area contributed by atoms with Crippen molar-refractivity contribution >= 4 is 17.7 Å². The van der Waals surface area contributed by atoms with E-state index in [1.807, 2.05) is 29.2 Å². The molecule has 2 saturated carbocycles. The van der Waals surface area contributed by atoms with Crippen LogP contribution in [0.1, 0.15) is 67.3 Å². The third-order valence-electron chi connectivity index (χ3n) is 8.49. The zero-order valence-corrected chi connectivity index (χ0v) is 23.4. The average molecular weight is 562 g/mol. The van der Waals surface area contributed by atoms with E-state index in [2.05, 4.69) is 10.6 Å². The maximum Gasteiger partial charge on any atom is 0.258 e. The molecule has 5 aliphatic rings. The highest BCUT2D eigenvalue weighted by molar-refractivity contribution is 5.95. The molecule has 0 radical (unpaired) electrons. The first-order valence-corrected chi connectivity index (χ1v) is 15.0. The summed E-state index contributed by atoms with van der Waals surface area (Å²) in [5.74, 6) is 1.73. The molecule has 9 heteroatoms. The highest BCUT2D eigenvalue weighted by Gasteiger charge is 2.40. The van der Waals surface area contributed by atoms with Crippen LogP contribution in [0.15, 0.2) is 42.5 Å². The van der Waals surface area contributed by atoms with Crippen molar-refractivity contribution in [1.82, 2.24) is 15.5 Å². The van der Waals surface area contributed by atoms with E-state index in [0.29, 0.717) is 55.0 Å². The lowest BCUT2D eigenvalue weighted by molar-refractivity contribution is -0.135. The largest absolute Gasteiger partial charge is 0.493 e. The van der Waals surface area contributed by atoms with Crippen LogP contribution in [0.2, 0.25) is 0 Å². The molecule has 2 aromatic carbocycles. The van der Waals surface area contributed by atoms with Crippen LogP contribution in [0, 0.1) is 11.8 Å². The van der Waals surface area contributed by atoms with Gasteiger partial charge in [0.25, 0.3) is 11.8 Å². The van der Waals surface area contributed by atoms with Gasteiger partial charge in [0.2, 0.25) is 5.91 Å². The SMILES string of the molecule is O=C1COc2cc(OCC3CC3)cc(c2)C(=O)N[C@H]2CN(C(=O)C3CCCCCC3)C[C@@H]2Oc2ccc(cc2)CN1. The molecule has 7 rings (SSSR count). The lowest BCUT2D eigenvalue weighted by Gasteiger charge is -2.22. The van der Waals surface area contributed by atoms with Gasteiger partial charge in [-0.15, -0.1) is 0 Å².